The third kappa shape index (κ3) is 6.19. The zero-order valence-electron chi connectivity index (χ0n) is 17.1. The summed E-state index contributed by atoms with van der Waals surface area (Å²) < 4.78 is 43.1. The number of carbonyl (C=O) groups is 2. The zero-order chi connectivity index (χ0) is 22.4. The molecule has 166 valence electrons. The highest BCUT2D eigenvalue weighted by atomic mass is 19.4. The maximum absolute atomic E-state index is 12.7. The van der Waals surface area contributed by atoms with Crippen molar-refractivity contribution in [1.29, 1.82) is 0 Å². The Morgan fingerprint density at radius 3 is 2.42 bits per heavy atom. The van der Waals surface area contributed by atoms with Crippen LogP contribution < -0.4 is 10.2 Å². The normalized spacial score (nSPS) is 15.9. The van der Waals surface area contributed by atoms with Crippen molar-refractivity contribution in [2.75, 3.05) is 24.6 Å². The van der Waals surface area contributed by atoms with E-state index in [0.29, 0.717) is 31.7 Å². The van der Waals surface area contributed by atoms with Crippen molar-refractivity contribution < 1.29 is 27.5 Å². The SMILES string of the molecule is C[C@@H](NC(=O)COC(=O)C1CCN(c2ccc(C(F)(F)F)cn2)CC1)c1ccccc1. The molecule has 31 heavy (non-hydrogen) atoms. The average Bonchev–Trinajstić information content (AvgIpc) is 2.77. The Hall–Kier alpha value is -3.10. The number of ether oxygens (including phenoxy) is 1. The number of nitrogens with zero attached hydrogens (tertiary/aromatic N) is 2. The van der Waals surface area contributed by atoms with E-state index in [2.05, 4.69) is 10.3 Å². The molecule has 9 heteroatoms. The highest BCUT2D eigenvalue weighted by Crippen LogP contribution is 2.30. The van der Waals surface area contributed by atoms with E-state index in [4.69, 9.17) is 4.74 Å². The van der Waals surface area contributed by atoms with Gasteiger partial charge in [0.2, 0.25) is 0 Å². The Bertz CT molecular complexity index is 880. The highest BCUT2D eigenvalue weighted by molar-refractivity contribution is 5.81. The number of anilines is 1. The number of esters is 1. The minimum absolute atomic E-state index is 0.202. The van der Waals surface area contributed by atoms with Crippen LogP contribution in [0.5, 0.6) is 0 Å². The number of pyridine rings is 1. The third-order valence-corrected chi connectivity index (χ3v) is 5.25. The monoisotopic (exact) mass is 435 g/mol. The minimum atomic E-state index is -4.42. The van der Waals surface area contributed by atoms with E-state index in [-0.39, 0.29) is 24.5 Å². The van der Waals surface area contributed by atoms with Crippen molar-refractivity contribution >= 4 is 17.7 Å². The fourth-order valence-corrected chi connectivity index (χ4v) is 3.45. The van der Waals surface area contributed by atoms with E-state index in [1.165, 1.54) is 6.07 Å². The van der Waals surface area contributed by atoms with Crippen molar-refractivity contribution in [2.24, 2.45) is 5.92 Å². The largest absolute Gasteiger partial charge is 0.455 e. The van der Waals surface area contributed by atoms with Gasteiger partial charge in [0.25, 0.3) is 5.91 Å². The highest BCUT2D eigenvalue weighted by Gasteiger charge is 2.31. The average molecular weight is 435 g/mol. The Balaban J connectivity index is 1.42. The van der Waals surface area contributed by atoms with E-state index >= 15 is 0 Å². The molecule has 1 N–H and O–H groups in total. The first-order valence-corrected chi connectivity index (χ1v) is 10.0. The number of halogens is 3. The number of carbonyl (C=O) groups excluding carboxylic acids is 2. The van der Waals surface area contributed by atoms with Crippen molar-refractivity contribution in [3.8, 4) is 0 Å². The summed E-state index contributed by atoms with van der Waals surface area (Å²) in [5, 5.41) is 2.79. The van der Waals surface area contributed by atoms with E-state index in [1.807, 2.05) is 42.2 Å². The molecule has 3 rings (SSSR count). The summed E-state index contributed by atoms with van der Waals surface area (Å²) >= 11 is 0. The topological polar surface area (TPSA) is 71.5 Å². The lowest BCUT2D eigenvalue weighted by molar-refractivity contribution is -0.153. The molecule has 1 amide bonds. The van der Waals surface area contributed by atoms with Gasteiger partial charge >= 0.3 is 12.1 Å². The number of piperidine rings is 1. The van der Waals surface area contributed by atoms with Gasteiger partial charge in [-0.2, -0.15) is 13.2 Å². The molecule has 1 aliphatic heterocycles. The van der Waals surface area contributed by atoms with Crippen LogP contribution in [0, 0.1) is 5.92 Å². The molecule has 1 aromatic heterocycles. The van der Waals surface area contributed by atoms with E-state index in [9.17, 15) is 22.8 Å². The molecule has 2 heterocycles. The van der Waals surface area contributed by atoms with Gasteiger partial charge in [-0.3, -0.25) is 9.59 Å². The second-order valence-electron chi connectivity index (χ2n) is 7.47. The van der Waals surface area contributed by atoms with Crippen LogP contribution in [-0.4, -0.2) is 36.6 Å². The van der Waals surface area contributed by atoms with Crippen LogP contribution in [0.1, 0.15) is 36.9 Å². The van der Waals surface area contributed by atoms with Gasteiger partial charge in [0.05, 0.1) is 17.5 Å². The van der Waals surface area contributed by atoms with Crippen LogP contribution in [0.25, 0.3) is 0 Å². The first-order valence-electron chi connectivity index (χ1n) is 10.0. The molecule has 0 saturated carbocycles. The molecule has 0 radical (unpaired) electrons. The number of hydrogen-bond donors (Lipinski definition) is 1. The van der Waals surface area contributed by atoms with Crippen LogP contribution in [0.3, 0.4) is 0 Å². The first-order chi connectivity index (χ1) is 14.7. The summed E-state index contributed by atoms with van der Waals surface area (Å²) in [5.74, 6) is -0.738. The zero-order valence-corrected chi connectivity index (χ0v) is 17.1. The summed E-state index contributed by atoms with van der Waals surface area (Å²) in [4.78, 5) is 30.1. The van der Waals surface area contributed by atoms with Crippen LogP contribution in [0.2, 0.25) is 0 Å². The second-order valence-corrected chi connectivity index (χ2v) is 7.47. The summed E-state index contributed by atoms with van der Waals surface area (Å²) in [7, 11) is 0. The predicted molar refractivity (Wildman–Crippen MR) is 108 cm³/mol. The third-order valence-electron chi connectivity index (χ3n) is 5.25. The van der Waals surface area contributed by atoms with Gasteiger partial charge in [-0.1, -0.05) is 30.3 Å². The lowest BCUT2D eigenvalue weighted by Gasteiger charge is -2.31. The van der Waals surface area contributed by atoms with Gasteiger partial charge in [0.1, 0.15) is 5.82 Å². The fourth-order valence-electron chi connectivity index (χ4n) is 3.45. The molecule has 0 unspecified atom stereocenters. The van der Waals surface area contributed by atoms with Gasteiger partial charge in [0.15, 0.2) is 6.61 Å². The van der Waals surface area contributed by atoms with E-state index < -0.39 is 17.7 Å². The molecular weight excluding hydrogens is 411 g/mol. The van der Waals surface area contributed by atoms with Crippen LogP contribution in [-0.2, 0) is 20.5 Å². The summed E-state index contributed by atoms with van der Waals surface area (Å²) in [6.07, 6.45) is -2.66. The summed E-state index contributed by atoms with van der Waals surface area (Å²) in [6, 6.07) is 11.6. The molecule has 2 aromatic rings. The Labute approximate surface area is 178 Å². The number of aromatic nitrogens is 1. The summed E-state index contributed by atoms with van der Waals surface area (Å²) in [5.41, 5.74) is 0.154. The number of hydrogen-bond acceptors (Lipinski definition) is 5. The number of rotatable bonds is 6. The predicted octanol–water partition coefficient (Wildman–Crippen LogP) is 3.74. The van der Waals surface area contributed by atoms with Gasteiger partial charge < -0.3 is 15.0 Å². The molecule has 0 aliphatic carbocycles. The minimum Gasteiger partial charge on any atom is -0.455 e. The fraction of sp³-hybridized carbons (Fsp3) is 0.409. The molecule has 1 saturated heterocycles. The smallest absolute Gasteiger partial charge is 0.417 e. The molecule has 0 bridgehead atoms. The lowest BCUT2D eigenvalue weighted by atomic mass is 9.97. The Morgan fingerprint density at radius 2 is 1.84 bits per heavy atom. The van der Waals surface area contributed by atoms with Gasteiger partial charge in [-0.05, 0) is 37.5 Å². The van der Waals surface area contributed by atoms with Crippen LogP contribution >= 0.6 is 0 Å². The number of benzene rings is 1. The van der Waals surface area contributed by atoms with Gasteiger partial charge in [0, 0.05) is 19.3 Å². The number of amides is 1. The molecular formula is C22H24F3N3O3. The quantitative estimate of drug-likeness (QED) is 0.700. The molecule has 1 fully saturated rings. The Kier molecular flexibility index (Phi) is 7.14. The van der Waals surface area contributed by atoms with Gasteiger partial charge in [-0.15, -0.1) is 0 Å². The van der Waals surface area contributed by atoms with E-state index in [0.717, 1.165) is 17.8 Å². The van der Waals surface area contributed by atoms with Crippen molar-refractivity contribution in [3.05, 3.63) is 59.8 Å². The summed E-state index contributed by atoms with van der Waals surface area (Å²) in [6.45, 7) is 2.43. The number of alkyl halides is 3. The van der Waals surface area contributed by atoms with Crippen LogP contribution in [0.15, 0.2) is 48.7 Å². The van der Waals surface area contributed by atoms with Crippen molar-refractivity contribution in [1.82, 2.24) is 10.3 Å². The molecule has 1 aromatic carbocycles. The maximum atomic E-state index is 12.7. The molecule has 6 nitrogen and oxygen atoms in total. The van der Waals surface area contributed by atoms with Crippen LogP contribution in [0.4, 0.5) is 19.0 Å². The van der Waals surface area contributed by atoms with Crippen molar-refractivity contribution in [3.63, 3.8) is 0 Å². The molecule has 1 atom stereocenters. The molecule has 0 spiro atoms. The van der Waals surface area contributed by atoms with Crippen molar-refractivity contribution in [2.45, 2.75) is 32.0 Å². The Morgan fingerprint density at radius 1 is 1.16 bits per heavy atom. The lowest BCUT2D eigenvalue weighted by Crippen LogP contribution is -2.38. The maximum Gasteiger partial charge on any atom is 0.417 e. The second kappa shape index (κ2) is 9.80. The molecule has 1 aliphatic rings. The van der Waals surface area contributed by atoms with Gasteiger partial charge in [-0.25, -0.2) is 4.98 Å². The van der Waals surface area contributed by atoms with E-state index in [1.54, 1.807) is 0 Å². The standard InChI is InChI=1S/C22H24F3N3O3/c1-15(16-5-3-2-4-6-16)27-20(29)14-31-21(30)17-9-11-28(12-10-17)19-8-7-18(13-26-19)22(23,24)25/h2-8,13,15,17H,9-12,14H2,1H3,(H,27,29)/t15-/m1/s1. The first kappa shape index (κ1) is 22.6. The number of nitrogens with one attached hydrogen (secondary N) is 1.